The Kier molecular flexibility index (Phi) is 4.14. The highest BCUT2D eigenvalue weighted by molar-refractivity contribution is 14.1. The molecule has 0 radical (unpaired) electrons. The highest BCUT2D eigenvalue weighted by Crippen LogP contribution is 2.26. The van der Waals surface area contributed by atoms with Crippen LogP contribution in [0.15, 0.2) is 23.4 Å². The number of hydrogen-bond acceptors (Lipinski definition) is 4. The van der Waals surface area contributed by atoms with Gasteiger partial charge in [0.1, 0.15) is 0 Å². The van der Waals surface area contributed by atoms with E-state index < -0.39 is 10.0 Å². The summed E-state index contributed by atoms with van der Waals surface area (Å²) < 4.78 is 25.1. The van der Waals surface area contributed by atoms with Crippen molar-refractivity contribution in [2.45, 2.75) is 18.6 Å². The molecule has 1 heterocycles. The molecule has 0 saturated heterocycles. The Hall–Kier alpha value is -0.710. The Bertz CT molecular complexity index is 729. The number of primary sulfonamides is 1. The van der Waals surface area contributed by atoms with Crippen LogP contribution in [-0.4, -0.2) is 23.2 Å². The number of sulfonamides is 1. The van der Waals surface area contributed by atoms with E-state index in [9.17, 15) is 8.42 Å². The van der Waals surface area contributed by atoms with Crippen molar-refractivity contribution in [1.82, 2.24) is 14.8 Å². The van der Waals surface area contributed by atoms with Crippen molar-refractivity contribution in [3.8, 4) is 11.4 Å². The first kappa shape index (κ1) is 14.7. The first-order valence-electron chi connectivity index (χ1n) is 5.26. The van der Waals surface area contributed by atoms with E-state index in [2.05, 4.69) is 32.8 Å². The molecule has 0 amide bonds. The lowest BCUT2D eigenvalue weighted by Gasteiger charge is -2.07. The summed E-state index contributed by atoms with van der Waals surface area (Å²) in [4.78, 5) is 0. The van der Waals surface area contributed by atoms with Crippen molar-refractivity contribution in [1.29, 1.82) is 0 Å². The van der Waals surface area contributed by atoms with Gasteiger partial charge < -0.3 is 0 Å². The molecular weight excluding hydrogens is 403 g/mol. The molecule has 0 fully saturated rings. The fraction of sp³-hybridized carbons (Fsp3) is 0.200. The third-order valence-corrected chi connectivity index (χ3v) is 4.85. The van der Waals surface area contributed by atoms with E-state index in [1.165, 1.54) is 4.57 Å². The lowest BCUT2D eigenvalue weighted by Crippen LogP contribution is -2.18. The van der Waals surface area contributed by atoms with Crippen molar-refractivity contribution in [2.24, 2.45) is 5.14 Å². The molecule has 2 N–H and O–H groups in total. The van der Waals surface area contributed by atoms with Gasteiger partial charge in [0, 0.05) is 15.7 Å². The first-order valence-corrected chi connectivity index (χ1v) is 8.26. The van der Waals surface area contributed by atoms with E-state index in [-0.39, 0.29) is 5.16 Å². The average molecular weight is 413 g/mol. The summed E-state index contributed by atoms with van der Waals surface area (Å²) >= 11 is 8.15. The van der Waals surface area contributed by atoms with Crippen molar-refractivity contribution < 1.29 is 8.42 Å². The summed E-state index contributed by atoms with van der Waals surface area (Å²) in [6.45, 7) is 2.17. The van der Waals surface area contributed by atoms with Crippen LogP contribution in [0.5, 0.6) is 0 Å². The number of rotatable bonds is 3. The third kappa shape index (κ3) is 2.91. The van der Waals surface area contributed by atoms with Crippen molar-refractivity contribution in [3.05, 3.63) is 26.8 Å². The Labute approximate surface area is 129 Å². The Morgan fingerprint density at radius 1 is 1.42 bits per heavy atom. The highest BCUT2D eigenvalue weighted by atomic mass is 127. The molecule has 0 aliphatic rings. The van der Waals surface area contributed by atoms with Gasteiger partial charge in [-0.25, -0.2) is 13.6 Å². The van der Waals surface area contributed by atoms with E-state index >= 15 is 0 Å². The summed E-state index contributed by atoms with van der Waals surface area (Å²) in [5.41, 5.74) is 0.690. The van der Waals surface area contributed by atoms with Crippen molar-refractivity contribution in [3.63, 3.8) is 0 Å². The summed E-state index contributed by atoms with van der Waals surface area (Å²) in [6, 6.07) is 5.34. The van der Waals surface area contributed by atoms with Gasteiger partial charge in [0.25, 0.3) is 15.2 Å². The molecule has 1 aromatic carbocycles. The molecule has 0 spiro atoms. The quantitative estimate of drug-likeness (QED) is 0.779. The summed E-state index contributed by atoms with van der Waals surface area (Å²) in [5, 5.41) is 12.9. The van der Waals surface area contributed by atoms with Gasteiger partial charge in [0.15, 0.2) is 5.82 Å². The van der Waals surface area contributed by atoms with E-state index in [1.54, 1.807) is 19.1 Å². The predicted octanol–water partition coefficient (Wildman–Crippen LogP) is 1.87. The molecular formula is C10H10ClIN4O2S. The highest BCUT2D eigenvalue weighted by Gasteiger charge is 2.21. The molecule has 0 aliphatic heterocycles. The maximum absolute atomic E-state index is 11.4. The fourth-order valence-electron chi connectivity index (χ4n) is 1.63. The Balaban J connectivity index is 2.63. The van der Waals surface area contributed by atoms with Crippen LogP contribution in [0.4, 0.5) is 0 Å². The zero-order valence-corrected chi connectivity index (χ0v) is 13.6. The first-order chi connectivity index (χ1) is 8.84. The van der Waals surface area contributed by atoms with Crippen molar-refractivity contribution in [2.75, 3.05) is 0 Å². The largest absolute Gasteiger partial charge is 0.297 e. The molecule has 19 heavy (non-hydrogen) atoms. The normalized spacial score (nSPS) is 11.8. The van der Waals surface area contributed by atoms with Gasteiger partial charge in [-0.15, -0.1) is 10.2 Å². The molecule has 6 nitrogen and oxygen atoms in total. The second-order valence-corrected chi connectivity index (χ2v) is 6.75. The second kappa shape index (κ2) is 5.35. The third-order valence-electron chi connectivity index (χ3n) is 2.47. The summed E-state index contributed by atoms with van der Waals surface area (Å²) in [5.74, 6) is 0.421. The zero-order chi connectivity index (χ0) is 14.2. The van der Waals surface area contributed by atoms with Gasteiger partial charge in [-0.2, -0.15) is 0 Å². The van der Waals surface area contributed by atoms with Crippen LogP contribution in [-0.2, 0) is 16.6 Å². The van der Waals surface area contributed by atoms with Crippen LogP contribution in [0.1, 0.15) is 6.92 Å². The van der Waals surface area contributed by atoms with Gasteiger partial charge >= 0.3 is 0 Å². The Morgan fingerprint density at radius 2 is 2.11 bits per heavy atom. The summed E-state index contributed by atoms with van der Waals surface area (Å²) in [6.07, 6.45) is 0. The summed E-state index contributed by atoms with van der Waals surface area (Å²) in [7, 11) is -3.90. The zero-order valence-electron chi connectivity index (χ0n) is 9.84. The Morgan fingerprint density at radius 3 is 2.63 bits per heavy atom. The maximum atomic E-state index is 11.4. The van der Waals surface area contributed by atoms with E-state index in [0.717, 1.165) is 3.57 Å². The number of hydrogen-bond donors (Lipinski definition) is 1. The van der Waals surface area contributed by atoms with Gasteiger partial charge in [0.05, 0.1) is 5.02 Å². The molecule has 0 unspecified atom stereocenters. The lowest BCUT2D eigenvalue weighted by molar-refractivity contribution is 0.571. The second-order valence-electron chi connectivity index (χ2n) is 3.72. The standard InChI is InChI=1S/C10H10ClIN4O2S/c1-2-16-9(14-15-10(16)19(13,17)18)6-3-4-8(12)7(11)5-6/h3-5H,2H2,1H3,(H2,13,17,18). The van der Waals surface area contributed by atoms with Crippen LogP contribution in [0.25, 0.3) is 11.4 Å². The maximum Gasteiger partial charge on any atom is 0.273 e. The van der Waals surface area contributed by atoms with Gasteiger partial charge in [-0.3, -0.25) is 4.57 Å². The molecule has 0 aliphatic carbocycles. The van der Waals surface area contributed by atoms with Gasteiger partial charge in [0.2, 0.25) is 0 Å². The van der Waals surface area contributed by atoms with Crippen LogP contribution >= 0.6 is 34.2 Å². The minimum Gasteiger partial charge on any atom is -0.297 e. The molecule has 0 saturated carbocycles. The molecule has 0 atom stereocenters. The molecule has 102 valence electrons. The molecule has 1 aromatic heterocycles. The van der Waals surface area contributed by atoms with Crippen LogP contribution < -0.4 is 5.14 Å². The van der Waals surface area contributed by atoms with Crippen LogP contribution in [0.3, 0.4) is 0 Å². The molecule has 9 heteroatoms. The van der Waals surface area contributed by atoms with E-state index in [1.807, 2.05) is 6.07 Å². The SMILES string of the molecule is CCn1c(-c2ccc(I)c(Cl)c2)nnc1S(N)(=O)=O. The fourth-order valence-corrected chi connectivity index (χ4v) is 2.83. The number of halogens is 2. The minimum atomic E-state index is -3.90. The molecule has 0 bridgehead atoms. The van der Waals surface area contributed by atoms with E-state index in [4.69, 9.17) is 16.7 Å². The minimum absolute atomic E-state index is 0.250. The van der Waals surface area contributed by atoms with Gasteiger partial charge in [-0.1, -0.05) is 17.7 Å². The van der Waals surface area contributed by atoms with Gasteiger partial charge in [-0.05, 0) is 41.6 Å². The number of benzene rings is 1. The number of aromatic nitrogens is 3. The number of nitrogens with two attached hydrogens (primary N) is 1. The molecule has 2 aromatic rings. The van der Waals surface area contributed by atoms with Crippen LogP contribution in [0.2, 0.25) is 5.02 Å². The monoisotopic (exact) mass is 412 g/mol. The smallest absolute Gasteiger partial charge is 0.273 e. The van der Waals surface area contributed by atoms with E-state index in [0.29, 0.717) is 23.0 Å². The lowest BCUT2D eigenvalue weighted by atomic mass is 10.2. The van der Waals surface area contributed by atoms with Crippen molar-refractivity contribution >= 4 is 44.2 Å². The topological polar surface area (TPSA) is 90.9 Å². The average Bonchev–Trinajstić information content (AvgIpc) is 2.76. The predicted molar refractivity (Wildman–Crippen MR) is 80.2 cm³/mol. The van der Waals surface area contributed by atoms with Crippen LogP contribution in [0, 0.1) is 3.57 Å². The molecule has 2 rings (SSSR count). The number of nitrogens with zero attached hydrogens (tertiary/aromatic N) is 3.